The predicted octanol–water partition coefficient (Wildman–Crippen LogP) is 5.65. The molecular weight excluding hydrogens is 531 g/mol. The van der Waals surface area contributed by atoms with Gasteiger partial charge in [0.25, 0.3) is 0 Å². The van der Waals surface area contributed by atoms with Gasteiger partial charge in [-0.15, -0.1) is 0 Å². The molecule has 0 spiro atoms. The van der Waals surface area contributed by atoms with Crippen LogP contribution in [0.15, 0.2) is 48.7 Å². The maximum atomic E-state index is 14.1. The molecule has 1 aromatic heterocycles. The SMILES string of the molecule is CCOC(=O)c1cnn(C2CCCN(c3cc(Cl)ccc3-c3ccc(N4CCNCC4)cc3)C2)c1C(F)(F)F. The highest BCUT2D eigenvalue weighted by Crippen LogP contribution is 2.39. The number of halogens is 4. The molecule has 2 aromatic carbocycles. The van der Waals surface area contributed by atoms with Gasteiger partial charge in [0.05, 0.1) is 18.8 Å². The summed E-state index contributed by atoms with van der Waals surface area (Å²) in [7, 11) is 0. The molecule has 2 aliphatic heterocycles. The summed E-state index contributed by atoms with van der Waals surface area (Å²) >= 11 is 6.40. The van der Waals surface area contributed by atoms with Crippen LogP contribution in [0.2, 0.25) is 5.02 Å². The normalized spacial score (nSPS) is 18.3. The van der Waals surface area contributed by atoms with Crippen LogP contribution >= 0.6 is 11.6 Å². The fourth-order valence-corrected chi connectivity index (χ4v) is 5.60. The summed E-state index contributed by atoms with van der Waals surface area (Å²) in [4.78, 5) is 16.7. The van der Waals surface area contributed by atoms with Gasteiger partial charge in [0.15, 0.2) is 5.69 Å². The van der Waals surface area contributed by atoms with Gasteiger partial charge in [0, 0.05) is 61.2 Å². The van der Waals surface area contributed by atoms with Gasteiger partial charge in [-0.2, -0.15) is 18.3 Å². The number of carbonyl (C=O) groups excluding carboxylic acids is 1. The molecule has 1 atom stereocenters. The molecule has 2 fully saturated rings. The number of alkyl halides is 3. The lowest BCUT2D eigenvalue weighted by Gasteiger charge is -2.36. The molecule has 0 bridgehead atoms. The van der Waals surface area contributed by atoms with E-state index in [2.05, 4.69) is 44.5 Å². The van der Waals surface area contributed by atoms with Crippen molar-refractivity contribution < 1.29 is 22.7 Å². The number of esters is 1. The molecule has 3 heterocycles. The number of carbonyl (C=O) groups is 1. The maximum Gasteiger partial charge on any atom is 0.433 e. The van der Waals surface area contributed by atoms with Crippen molar-refractivity contribution in [2.24, 2.45) is 0 Å². The van der Waals surface area contributed by atoms with Gasteiger partial charge < -0.3 is 19.9 Å². The number of hydrogen-bond donors (Lipinski definition) is 1. The van der Waals surface area contributed by atoms with E-state index >= 15 is 0 Å². The lowest BCUT2D eigenvalue weighted by Crippen LogP contribution is -2.43. The van der Waals surface area contributed by atoms with Gasteiger partial charge in [-0.05, 0) is 49.6 Å². The van der Waals surface area contributed by atoms with Crippen LogP contribution in [-0.2, 0) is 10.9 Å². The number of nitrogens with one attached hydrogen (secondary N) is 1. The third-order valence-electron chi connectivity index (χ3n) is 7.26. The Balaban J connectivity index is 1.44. The van der Waals surface area contributed by atoms with Crippen LogP contribution in [0.3, 0.4) is 0 Å². The van der Waals surface area contributed by atoms with E-state index < -0.39 is 29.4 Å². The lowest BCUT2D eigenvalue weighted by molar-refractivity contribution is -0.145. The average molecular weight is 562 g/mol. The van der Waals surface area contributed by atoms with E-state index in [1.807, 2.05) is 18.2 Å². The zero-order valence-corrected chi connectivity index (χ0v) is 22.4. The molecule has 5 rings (SSSR count). The Morgan fingerprint density at radius 2 is 1.85 bits per heavy atom. The molecule has 2 saturated heterocycles. The Morgan fingerprint density at radius 1 is 1.10 bits per heavy atom. The van der Waals surface area contributed by atoms with E-state index in [1.165, 1.54) is 0 Å². The van der Waals surface area contributed by atoms with E-state index in [0.29, 0.717) is 31.0 Å². The average Bonchev–Trinajstić information content (AvgIpc) is 3.41. The number of piperidine rings is 1. The van der Waals surface area contributed by atoms with E-state index in [-0.39, 0.29) is 6.61 Å². The third kappa shape index (κ3) is 5.86. The number of aromatic nitrogens is 2. The molecule has 208 valence electrons. The number of benzene rings is 2. The van der Waals surface area contributed by atoms with Crippen molar-refractivity contribution >= 4 is 28.9 Å². The summed E-state index contributed by atoms with van der Waals surface area (Å²) in [5, 5.41) is 7.93. The van der Waals surface area contributed by atoms with Crippen LogP contribution in [0, 0.1) is 0 Å². The van der Waals surface area contributed by atoms with Crippen molar-refractivity contribution in [3.8, 4) is 11.1 Å². The smallest absolute Gasteiger partial charge is 0.433 e. The van der Waals surface area contributed by atoms with Crippen molar-refractivity contribution in [2.75, 3.05) is 55.7 Å². The molecular formula is C28H31ClF3N5O2. The number of anilines is 2. The Morgan fingerprint density at radius 3 is 2.54 bits per heavy atom. The van der Waals surface area contributed by atoms with Crippen LogP contribution in [0.25, 0.3) is 11.1 Å². The van der Waals surface area contributed by atoms with E-state index in [0.717, 1.165) is 59.6 Å². The monoisotopic (exact) mass is 561 g/mol. The summed E-state index contributed by atoms with van der Waals surface area (Å²) in [5.41, 5.74) is 2.34. The van der Waals surface area contributed by atoms with Crippen LogP contribution in [0.4, 0.5) is 24.5 Å². The van der Waals surface area contributed by atoms with Crippen molar-refractivity contribution in [3.63, 3.8) is 0 Å². The van der Waals surface area contributed by atoms with Gasteiger partial charge in [-0.1, -0.05) is 29.8 Å². The van der Waals surface area contributed by atoms with Gasteiger partial charge >= 0.3 is 12.1 Å². The molecule has 0 amide bonds. The van der Waals surface area contributed by atoms with Crippen LogP contribution in [0.1, 0.15) is 41.9 Å². The van der Waals surface area contributed by atoms with Gasteiger partial charge in [0.1, 0.15) is 5.56 Å². The van der Waals surface area contributed by atoms with Gasteiger partial charge in [-0.25, -0.2) is 4.79 Å². The second kappa shape index (κ2) is 11.5. The van der Waals surface area contributed by atoms with Crippen LogP contribution in [0.5, 0.6) is 0 Å². The van der Waals surface area contributed by atoms with Crippen LogP contribution < -0.4 is 15.1 Å². The Hall–Kier alpha value is -3.24. The minimum atomic E-state index is -4.76. The van der Waals surface area contributed by atoms with Gasteiger partial charge in [0.2, 0.25) is 0 Å². The van der Waals surface area contributed by atoms with Crippen molar-refractivity contribution in [1.82, 2.24) is 15.1 Å². The maximum absolute atomic E-state index is 14.1. The Kier molecular flexibility index (Phi) is 8.04. The number of rotatable bonds is 6. The number of hydrogen-bond acceptors (Lipinski definition) is 6. The van der Waals surface area contributed by atoms with Crippen LogP contribution in [-0.4, -0.2) is 61.6 Å². The summed E-state index contributed by atoms with van der Waals surface area (Å²) < 4.78 is 48.2. The molecule has 1 unspecified atom stereocenters. The minimum absolute atomic E-state index is 0.0215. The highest BCUT2D eigenvalue weighted by Gasteiger charge is 2.42. The van der Waals surface area contributed by atoms with Crippen molar-refractivity contribution in [2.45, 2.75) is 32.0 Å². The minimum Gasteiger partial charge on any atom is -0.462 e. The summed E-state index contributed by atoms with van der Waals surface area (Å²) in [6.07, 6.45) is -2.64. The highest BCUT2D eigenvalue weighted by molar-refractivity contribution is 6.31. The molecule has 0 aliphatic carbocycles. The molecule has 3 aromatic rings. The largest absolute Gasteiger partial charge is 0.462 e. The van der Waals surface area contributed by atoms with E-state index in [4.69, 9.17) is 16.3 Å². The molecule has 0 radical (unpaired) electrons. The number of piperazine rings is 1. The van der Waals surface area contributed by atoms with E-state index in [9.17, 15) is 18.0 Å². The first kappa shape index (κ1) is 27.3. The summed E-state index contributed by atoms with van der Waals surface area (Å²) in [6, 6.07) is 13.4. The van der Waals surface area contributed by atoms with Gasteiger partial charge in [-0.3, -0.25) is 4.68 Å². The third-order valence-corrected chi connectivity index (χ3v) is 7.50. The Bertz CT molecular complexity index is 1310. The topological polar surface area (TPSA) is 62.6 Å². The fraction of sp³-hybridized carbons (Fsp3) is 0.429. The second-order valence-electron chi connectivity index (χ2n) is 9.76. The van der Waals surface area contributed by atoms with Crippen molar-refractivity contribution in [1.29, 1.82) is 0 Å². The standard InChI is InChI=1S/C28H31ClF3N5O2/c1-2-39-27(38)24-17-34-37(26(24)28(30,31)32)22-4-3-13-36(18-22)25-16-20(29)7-10-23(25)19-5-8-21(9-6-19)35-14-11-33-12-15-35/h5-10,16-17,22,33H,2-4,11-15,18H2,1H3. The molecule has 11 heteroatoms. The number of ether oxygens (including phenoxy) is 1. The second-order valence-corrected chi connectivity index (χ2v) is 10.2. The lowest BCUT2D eigenvalue weighted by atomic mass is 9.99. The zero-order valence-electron chi connectivity index (χ0n) is 21.7. The summed E-state index contributed by atoms with van der Waals surface area (Å²) in [6.45, 7) is 6.29. The molecule has 2 aliphatic rings. The Labute approximate surface area is 230 Å². The summed E-state index contributed by atoms with van der Waals surface area (Å²) in [5.74, 6) is -1.02. The first-order valence-corrected chi connectivity index (χ1v) is 13.6. The fourth-order valence-electron chi connectivity index (χ4n) is 5.44. The molecule has 7 nitrogen and oxygen atoms in total. The number of nitrogens with zero attached hydrogens (tertiary/aromatic N) is 4. The first-order chi connectivity index (χ1) is 18.8. The zero-order chi connectivity index (χ0) is 27.6. The molecule has 1 N–H and O–H groups in total. The predicted molar refractivity (Wildman–Crippen MR) is 146 cm³/mol. The highest BCUT2D eigenvalue weighted by atomic mass is 35.5. The molecule has 39 heavy (non-hydrogen) atoms. The first-order valence-electron chi connectivity index (χ1n) is 13.2. The van der Waals surface area contributed by atoms with Crippen molar-refractivity contribution in [3.05, 3.63) is 64.9 Å². The van der Waals surface area contributed by atoms with E-state index in [1.54, 1.807) is 6.92 Å². The quantitative estimate of drug-likeness (QED) is 0.393. The molecule has 0 saturated carbocycles.